The van der Waals surface area contributed by atoms with Gasteiger partial charge in [0.25, 0.3) is 0 Å². The molecule has 1 aliphatic heterocycles. The highest BCUT2D eigenvalue weighted by atomic mass is 16.5. The monoisotopic (exact) mass is 159 g/mol. The van der Waals surface area contributed by atoms with Gasteiger partial charge in [-0.3, -0.25) is 0 Å². The van der Waals surface area contributed by atoms with Crippen LogP contribution >= 0.6 is 0 Å². The van der Waals surface area contributed by atoms with Crippen molar-refractivity contribution < 1.29 is 14.6 Å². The largest absolute Gasteiger partial charge is 0.465 e. The van der Waals surface area contributed by atoms with Gasteiger partial charge in [0.2, 0.25) is 0 Å². The molecule has 11 heavy (non-hydrogen) atoms. The fourth-order valence-corrected chi connectivity index (χ4v) is 1.40. The van der Waals surface area contributed by atoms with Crippen LogP contribution in [0.15, 0.2) is 0 Å². The molecule has 1 aliphatic rings. The van der Waals surface area contributed by atoms with Crippen LogP contribution in [0.1, 0.15) is 6.92 Å². The van der Waals surface area contributed by atoms with Gasteiger partial charge in [-0.05, 0) is 0 Å². The molecule has 0 aromatic rings. The lowest BCUT2D eigenvalue weighted by molar-refractivity contribution is 0.0825. The second-order valence-corrected chi connectivity index (χ2v) is 2.94. The van der Waals surface area contributed by atoms with E-state index in [0.29, 0.717) is 19.0 Å². The summed E-state index contributed by atoms with van der Waals surface area (Å²) in [5.41, 5.74) is 0. The number of rotatable bonds is 1. The maximum atomic E-state index is 10.5. The molecule has 0 bridgehead atoms. The van der Waals surface area contributed by atoms with Gasteiger partial charge in [-0.1, -0.05) is 6.92 Å². The Morgan fingerprint density at radius 1 is 1.64 bits per heavy atom. The Morgan fingerprint density at radius 3 is 2.55 bits per heavy atom. The van der Waals surface area contributed by atoms with Crippen molar-refractivity contribution in [3.63, 3.8) is 0 Å². The molecule has 1 N–H and O–H groups in total. The van der Waals surface area contributed by atoms with E-state index in [1.807, 2.05) is 6.92 Å². The molecule has 4 heteroatoms. The zero-order valence-electron chi connectivity index (χ0n) is 6.78. The van der Waals surface area contributed by atoms with Gasteiger partial charge < -0.3 is 14.7 Å². The fourth-order valence-electron chi connectivity index (χ4n) is 1.40. The first-order valence-corrected chi connectivity index (χ1v) is 3.65. The molecule has 1 saturated heterocycles. The fraction of sp³-hybridized carbons (Fsp3) is 0.857. The van der Waals surface area contributed by atoms with Gasteiger partial charge in [0.15, 0.2) is 0 Å². The molecule has 2 atom stereocenters. The molecule has 0 aliphatic carbocycles. The highest BCUT2D eigenvalue weighted by Crippen LogP contribution is 2.18. The number of amides is 1. The van der Waals surface area contributed by atoms with E-state index in [-0.39, 0.29) is 6.10 Å². The van der Waals surface area contributed by atoms with Crippen LogP contribution in [0.2, 0.25) is 0 Å². The average Bonchev–Trinajstić information content (AvgIpc) is 2.31. The van der Waals surface area contributed by atoms with E-state index in [1.165, 1.54) is 4.90 Å². The third kappa shape index (κ3) is 1.63. The number of likely N-dealkylation sites (tertiary alicyclic amines) is 1. The quantitative estimate of drug-likeness (QED) is 0.610. The van der Waals surface area contributed by atoms with Crippen LogP contribution in [0.5, 0.6) is 0 Å². The molecule has 0 unspecified atom stereocenters. The summed E-state index contributed by atoms with van der Waals surface area (Å²) >= 11 is 0. The highest BCUT2D eigenvalue weighted by molar-refractivity contribution is 5.65. The zero-order chi connectivity index (χ0) is 8.43. The Balaban J connectivity index is 2.49. The Bertz CT molecular complexity index is 160. The number of hydrogen-bond donors (Lipinski definition) is 1. The van der Waals surface area contributed by atoms with E-state index in [9.17, 15) is 4.79 Å². The number of carbonyl (C=O) groups is 1. The molecule has 1 amide bonds. The van der Waals surface area contributed by atoms with Crippen LogP contribution in [-0.4, -0.2) is 42.4 Å². The van der Waals surface area contributed by atoms with E-state index < -0.39 is 6.09 Å². The summed E-state index contributed by atoms with van der Waals surface area (Å²) in [4.78, 5) is 11.9. The number of hydrogen-bond acceptors (Lipinski definition) is 2. The maximum absolute atomic E-state index is 10.5. The van der Waals surface area contributed by atoms with E-state index in [1.54, 1.807) is 7.11 Å². The maximum Gasteiger partial charge on any atom is 0.407 e. The molecule has 0 aromatic carbocycles. The predicted octanol–water partition coefficient (Wildman–Crippen LogP) is 0.631. The summed E-state index contributed by atoms with van der Waals surface area (Å²) in [5.74, 6) is 0.316. The van der Waals surface area contributed by atoms with E-state index in [2.05, 4.69) is 0 Å². The zero-order valence-corrected chi connectivity index (χ0v) is 6.78. The molecule has 0 radical (unpaired) electrons. The van der Waals surface area contributed by atoms with E-state index >= 15 is 0 Å². The van der Waals surface area contributed by atoms with Crippen molar-refractivity contribution in [1.82, 2.24) is 4.90 Å². The highest BCUT2D eigenvalue weighted by Gasteiger charge is 2.31. The number of ether oxygens (including phenoxy) is 1. The first kappa shape index (κ1) is 8.33. The molecule has 1 heterocycles. The second-order valence-electron chi connectivity index (χ2n) is 2.94. The van der Waals surface area contributed by atoms with Gasteiger partial charge in [0.1, 0.15) is 0 Å². The van der Waals surface area contributed by atoms with Crippen molar-refractivity contribution in [2.75, 3.05) is 20.2 Å². The Labute approximate surface area is 65.8 Å². The molecule has 4 nitrogen and oxygen atoms in total. The normalized spacial score (nSPS) is 30.9. The molecular weight excluding hydrogens is 146 g/mol. The SMILES string of the molecule is CO[C@@H]1CN(C(=O)O)C[C@@H]1C. The Kier molecular flexibility index (Phi) is 2.34. The minimum absolute atomic E-state index is 0.0751. The molecule has 1 fully saturated rings. The first-order valence-electron chi connectivity index (χ1n) is 3.65. The third-order valence-corrected chi connectivity index (χ3v) is 2.12. The first-order chi connectivity index (χ1) is 5.15. The lowest BCUT2D eigenvalue weighted by atomic mass is 10.1. The minimum Gasteiger partial charge on any atom is -0.465 e. The number of carboxylic acid groups (broad SMARTS) is 1. The lowest BCUT2D eigenvalue weighted by Crippen LogP contribution is -2.27. The van der Waals surface area contributed by atoms with Gasteiger partial charge in [0, 0.05) is 19.6 Å². The Hall–Kier alpha value is -0.770. The van der Waals surface area contributed by atoms with Crippen molar-refractivity contribution in [3.8, 4) is 0 Å². The lowest BCUT2D eigenvalue weighted by Gasteiger charge is -2.10. The van der Waals surface area contributed by atoms with Crippen LogP contribution < -0.4 is 0 Å². The summed E-state index contributed by atoms with van der Waals surface area (Å²) in [6.45, 7) is 3.10. The van der Waals surface area contributed by atoms with E-state index in [4.69, 9.17) is 9.84 Å². The summed E-state index contributed by atoms with van der Waals surface area (Å²) in [6.07, 6.45) is -0.775. The molecular formula is C7H13NO3. The van der Waals surface area contributed by atoms with Gasteiger partial charge in [-0.15, -0.1) is 0 Å². The topological polar surface area (TPSA) is 49.8 Å². The van der Waals surface area contributed by atoms with Crippen molar-refractivity contribution in [3.05, 3.63) is 0 Å². The molecule has 0 aromatic heterocycles. The van der Waals surface area contributed by atoms with Crippen LogP contribution in [-0.2, 0) is 4.74 Å². The molecule has 0 saturated carbocycles. The summed E-state index contributed by atoms with van der Waals surface area (Å²) < 4.78 is 5.10. The van der Waals surface area contributed by atoms with Crippen molar-refractivity contribution in [1.29, 1.82) is 0 Å². The van der Waals surface area contributed by atoms with Crippen molar-refractivity contribution in [2.45, 2.75) is 13.0 Å². The minimum atomic E-state index is -0.851. The average molecular weight is 159 g/mol. The second kappa shape index (κ2) is 3.09. The Morgan fingerprint density at radius 2 is 2.27 bits per heavy atom. The van der Waals surface area contributed by atoms with Crippen LogP contribution in [0, 0.1) is 5.92 Å². The van der Waals surface area contributed by atoms with Crippen molar-refractivity contribution in [2.24, 2.45) is 5.92 Å². The molecule has 64 valence electrons. The van der Waals surface area contributed by atoms with Gasteiger partial charge >= 0.3 is 6.09 Å². The molecule has 1 rings (SSSR count). The number of nitrogens with zero attached hydrogens (tertiary/aromatic N) is 1. The summed E-state index contributed by atoms with van der Waals surface area (Å²) in [5, 5.41) is 8.61. The van der Waals surface area contributed by atoms with Gasteiger partial charge in [0.05, 0.1) is 12.6 Å². The van der Waals surface area contributed by atoms with Gasteiger partial charge in [-0.25, -0.2) is 4.79 Å². The summed E-state index contributed by atoms with van der Waals surface area (Å²) in [6, 6.07) is 0. The van der Waals surface area contributed by atoms with Crippen LogP contribution in [0.4, 0.5) is 4.79 Å². The van der Waals surface area contributed by atoms with Crippen molar-refractivity contribution >= 4 is 6.09 Å². The smallest absolute Gasteiger partial charge is 0.407 e. The van der Waals surface area contributed by atoms with Crippen LogP contribution in [0.3, 0.4) is 0 Å². The predicted molar refractivity (Wildman–Crippen MR) is 39.6 cm³/mol. The van der Waals surface area contributed by atoms with E-state index in [0.717, 1.165) is 0 Å². The molecule has 0 spiro atoms. The standard InChI is InChI=1S/C7H13NO3/c1-5-3-8(7(9)10)4-6(5)11-2/h5-6H,3-4H2,1-2H3,(H,9,10)/t5-,6+/m0/s1. The van der Waals surface area contributed by atoms with Gasteiger partial charge in [-0.2, -0.15) is 0 Å². The third-order valence-electron chi connectivity index (χ3n) is 2.12. The number of methoxy groups -OCH3 is 1. The van der Waals surface area contributed by atoms with Crippen LogP contribution in [0.25, 0.3) is 0 Å². The summed E-state index contributed by atoms with van der Waals surface area (Å²) in [7, 11) is 1.62.